The van der Waals surface area contributed by atoms with E-state index in [2.05, 4.69) is 0 Å². The topological polar surface area (TPSA) is 37.4 Å². The van der Waals surface area contributed by atoms with Crippen LogP contribution < -0.4 is 0 Å². The zero-order valence-corrected chi connectivity index (χ0v) is 12.4. The highest BCUT2D eigenvalue weighted by atomic mass is 19.4. The molecular weight excluding hydrogens is 283 g/mol. The van der Waals surface area contributed by atoms with Gasteiger partial charge in [-0.1, -0.05) is 12.1 Å². The highest BCUT2D eigenvalue weighted by Gasteiger charge is 2.38. The molecule has 116 valence electrons. The summed E-state index contributed by atoms with van der Waals surface area (Å²) in [5, 5.41) is 0. The van der Waals surface area contributed by atoms with Gasteiger partial charge in [0.15, 0.2) is 6.29 Å². The van der Waals surface area contributed by atoms with Crippen LogP contribution in [0.2, 0.25) is 0 Å². The van der Waals surface area contributed by atoms with Crippen molar-refractivity contribution in [3.8, 4) is 0 Å². The number of halogens is 3. The lowest BCUT2D eigenvalue weighted by Crippen LogP contribution is -2.43. The quantitative estimate of drug-likeness (QED) is 0.794. The molecule has 1 aromatic carbocycles. The van der Waals surface area contributed by atoms with E-state index in [9.17, 15) is 22.8 Å². The summed E-state index contributed by atoms with van der Waals surface area (Å²) < 4.78 is 39.3. The Morgan fingerprint density at radius 2 is 1.67 bits per heavy atom. The van der Waals surface area contributed by atoms with E-state index in [-0.39, 0.29) is 23.9 Å². The summed E-state index contributed by atoms with van der Waals surface area (Å²) in [5.41, 5.74) is -1.91. The molecule has 6 heteroatoms. The first-order valence-corrected chi connectivity index (χ1v) is 6.59. The lowest BCUT2D eigenvalue weighted by Gasteiger charge is -2.32. The van der Waals surface area contributed by atoms with Gasteiger partial charge in [-0.2, -0.15) is 13.2 Å². The molecule has 0 saturated carbocycles. The standard InChI is InChI=1S/C15H18F3NO2/c1-9(2)19(10(3)4)14(21)13-11(8-20)6-5-7-12(13)15(16,17)18/h5-10H,1-4H3. The molecule has 0 aliphatic carbocycles. The average Bonchev–Trinajstić information content (AvgIpc) is 2.35. The number of carbonyl (C=O) groups is 2. The average molecular weight is 301 g/mol. The maximum Gasteiger partial charge on any atom is 0.417 e. The van der Waals surface area contributed by atoms with Crippen LogP contribution in [0.4, 0.5) is 13.2 Å². The fourth-order valence-corrected chi connectivity index (χ4v) is 2.34. The van der Waals surface area contributed by atoms with Crippen molar-refractivity contribution in [2.75, 3.05) is 0 Å². The van der Waals surface area contributed by atoms with Crippen LogP contribution in [0.15, 0.2) is 18.2 Å². The summed E-state index contributed by atoms with van der Waals surface area (Å²) >= 11 is 0. The molecule has 0 heterocycles. The molecule has 1 amide bonds. The monoisotopic (exact) mass is 301 g/mol. The molecule has 3 nitrogen and oxygen atoms in total. The van der Waals surface area contributed by atoms with Crippen LogP contribution >= 0.6 is 0 Å². The zero-order valence-electron chi connectivity index (χ0n) is 12.4. The summed E-state index contributed by atoms with van der Waals surface area (Å²) in [5.74, 6) is -0.782. The Balaban J connectivity index is 3.53. The Kier molecular flexibility index (Phi) is 5.15. The first kappa shape index (κ1) is 17.2. The minimum Gasteiger partial charge on any atom is -0.334 e. The summed E-state index contributed by atoms with van der Waals surface area (Å²) in [6.07, 6.45) is -4.41. The third-order valence-corrected chi connectivity index (χ3v) is 3.09. The molecule has 21 heavy (non-hydrogen) atoms. The fourth-order valence-electron chi connectivity index (χ4n) is 2.34. The second kappa shape index (κ2) is 6.28. The molecule has 0 aromatic heterocycles. The van der Waals surface area contributed by atoms with Crippen molar-refractivity contribution < 1.29 is 22.8 Å². The van der Waals surface area contributed by atoms with Gasteiger partial charge < -0.3 is 4.90 Å². The third-order valence-electron chi connectivity index (χ3n) is 3.09. The Labute approximate surface area is 121 Å². The first-order valence-electron chi connectivity index (χ1n) is 6.59. The van der Waals surface area contributed by atoms with E-state index < -0.39 is 23.2 Å². The number of rotatable bonds is 4. The Morgan fingerprint density at radius 3 is 2.05 bits per heavy atom. The van der Waals surface area contributed by atoms with E-state index in [0.29, 0.717) is 0 Å². The second-order valence-corrected chi connectivity index (χ2v) is 5.29. The maximum atomic E-state index is 13.1. The minimum atomic E-state index is -4.69. The molecular formula is C15H18F3NO2. The van der Waals surface area contributed by atoms with Crippen LogP contribution in [-0.2, 0) is 6.18 Å². The van der Waals surface area contributed by atoms with Gasteiger partial charge >= 0.3 is 6.18 Å². The van der Waals surface area contributed by atoms with Crippen molar-refractivity contribution in [1.82, 2.24) is 4.90 Å². The largest absolute Gasteiger partial charge is 0.417 e. The first-order chi connectivity index (χ1) is 9.61. The smallest absolute Gasteiger partial charge is 0.334 e. The number of aldehydes is 1. The van der Waals surface area contributed by atoms with E-state index >= 15 is 0 Å². The van der Waals surface area contributed by atoms with E-state index in [1.807, 2.05) is 0 Å². The van der Waals surface area contributed by atoms with Gasteiger partial charge in [-0.25, -0.2) is 0 Å². The van der Waals surface area contributed by atoms with Crippen molar-refractivity contribution in [3.05, 3.63) is 34.9 Å². The molecule has 0 N–H and O–H groups in total. The van der Waals surface area contributed by atoms with Gasteiger partial charge in [0.2, 0.25) is 0 Å². The second-order valence-electron chi connectivity index (χ2n) is 5.29. The molecule has 0 radical (unpaired) electrons. The molecule has 0 spiro atoms. The van der Waals surface area contributed by atoms with Gasteiger partial charge in [-0.05, 0) is 33.8 Å². The summed E-state index contributed by atoms with van der Waals surface area (Å²) in [6, 6.07) is 2.60. The normalized spacial score (nSPS) is 11.9. The van der Waals surface area contributed by atoms with Crippen LogP contribution in [0.5, 0.6) is 0 Å². The van der Waals surface area contributed by atoms with E-state index in [1.165, 1.54) is 11.0 Å². The number of benzene rings is 1. The summed E-state index contributed by atoms with van der Waals surface area (Å²) in [7, 11) is 0. The molecule has 0 saturated heterocycles. The van der Waals surface area contributed by atoms with Crippen molar-refractivity contribution in [1.29, 1.82) is 0 Å². The lowest BCUT2D eigenvalue weighted by atomic mass is 9.98. The van der Waals surface area contributed by atoms with Crippen LogP contribution in [-0.4, -0.2) is 29.2 Å². The highest BCUT2D eigenvalue weighted by molar-refractivity contribution is 6.03. The van der Waals surface area contributed by atoms with Gasteiger partial charge in [0.1, 0.15) is 0 Å². The molecule has 0 unspecified atom stereocenters. The van der Waals surface area contributed by atoms with Crippen LogP contribution in [0, 0.1) is 0 Å². The predicted octanol–water partition coefficient (Wildman–Crippen LogP) is 3.78. The lowest BCUT2D eigenvalue weighted by molar-refractivity contribution is -0.138. The van der Waals surface area contributed by atoms with Gasteiger partial charge in [0.25, 0.3) is 5.91 Å². The predicted molar refractivity (Wildman–Crippen MR) is 73.3 cm³/mol. The van der Waals surface area contributed by atoms with Crippen molar-refractivity contribution in [3.63, 3.8) is 0 Å². The van der Waals surface area contributed by atoms with Gasteiger partial charge in [-0.3, -0.25) is 9.59 Å². The van der Waals surface area contributed by atoms with Crippen molar-refractivity contribution in [2.45, 2.75) is 46.0 Å². The number of carbonyl (C=O) groups excluding carboxylic acids is 2. The van der Waals surface area contributed by atoms with Crippen molar-refractivity contribution >= 4 is 12.2 Å². The number of alkyl halides is 3. The minimum absolute atomic E-state index is 0.249. The summed E-state index contributed by atoms with van der Waals surface area (Å²) in [4.78, 5) is 24.9. The number of hydrogen-bond acceptors (Lipinski definition) is 2. The van der Waals surface area contributed by atoms with Crippen LogP contribution in [0.1, 0.15) is 54.0 Å². The van der Waals surface area contributed by atoms with E-state index in [1.54, 1.807) is 27.7 Å². The molecule has 0 aliphatic rings. The third kappa shape index (κ3) is 3.62. The Morgan fingerprint density at radius 1 is 1.14 bits per heavy atom. The SMILES string of the molecule is CC(C)N(C(=O)c1c(C=O)cccc1C(F)(F)F)C(C)C. The molecule has 0 bridgehead atoms. The molecule has 0 atom stereocenters. The number of nitrogens with zero attached hydrogens (tertiary/aromatic N) is 1. The van der Waals surface area contributed by atoms with Crippen molar-refractivity contribution in [2.24, 2.45) is 0 Å². The Hall–Kier alpha value is -1.85. The van der Waals surface area contributed by atoms with Gasteiger partial charge in [-0.15, -0.1) is 0 Å². The maximum absolute atomic E-state index is 13.1. The van der Waals surface area contributed by atoms with Gasteiger partial charge in [0.05, 0.1) is 11.1 Å². The highest BCUT2D eigenvalue weighted by Crippen LogP contribution is 2.34. The zero-order chi connectivity index (χ0) is 16.4. The van der Waals surface area contributed by atoms with Crippen LogP contribution in [0.3, 0.4) is 0 Å². The summed E-state index contributed by atoms with van der Waals surface area (Å²) in [6.45, 7) is 6.87. The number of hydrogen-bond donors (Lipinski definition) is 0. The molecule has 0 fully saturated rings. The van der Waals surface area contributed by atoms with Crippen LogP contribution in [0.25, 0.3) is 0 Å². The van der Waals surface area contributed by atoms with E-state index in [4.69, 9.17) is 0 Å². The molecule has 0 aliphatic heterocycles. The molecule has 1 aromatic rings. The van der Waals surface area contributed by atoms with E-state index in [0.717, 1.165) is 12.1 Å². The number of amides is 1. The Bertz CT molecular complexity index is 528. The fraction of sp³-hybridized carbons (Fsp3) is 0.467. The van der Waals surface area contributed by atoms with Gasteiger partial charge in [0, 0.05) is 17.6 Å². The molecule has 1 rings (SSSR count).